The third-order valence-corrected chi connectivity index (χ3v) is 15.6. The summed E-state index contributed by atoms with van der Waals surface area (Å²) < 4.78 is 111. The standard InChI is InChI=1S/C31H28F3N5O4.C29H27F3N4O3/c1-5-20(41)37-11-12-38-17(13-37)14-43-29-23-28(24(33)22(25(29)34)21-18(32)7-6-8-19(21)40)39(31(42)36-30(23)38)27-16(4)9-10-35-26(27)15(2)3;1-14(2)24-25(15(3)10-11-33-24)36-26-21-27(23(32)20(22(26)31)19-17(30)8-6-9-18(19)37)39-13-16-7-4-5-12-35(16)28(21)34-29(36)38/h5-10,15,17,40H,1,11-14H2,2-4H3;6,8-11,14,16,37H,4-5,7,12-13H2,1-3H3/t17-;16-/m11/s1. The van der Waals surface area contributed by atoms with Crippen molar-refractivity contribution in [1.82, 2.24) is 34.0 Å². The first-order valence-electron chi connectivity index (χ1n) is 26.8. The number of carbonyl (C=O) groups excluding carboxylic acids is 1. The Labute approximate surface area is 465 Å². The molecule has 82 heavy (non-hydrogen) atoms. The van der Waals surface area contributed by atoms with Crippen LogP contribution in [0.15, 0.2) is 83.2 Å². The number of amides is 1. The van der Waals surface area contributed by atoms with Crippen LogP contribution >= 0.6 is 0 Å². The number of phenolic OH excluding ortho intramolecular Hbond substituents is 2. The van der Waals surface area contributed by atoms with E-state index in [9.17, 15) is 24.6 Å². The highest BCUT2D eigenvalue weighted by atomic mass is 19.2. The summed E-state index contributed by atoms with van der Waals surface area (Å²) in [6, 6.07) is 9.24. The van der Waals surface area contributed by atoms with Crippen LogP contribution in [0.5, 0.6) is 23.0 Å². The number of carbonyl (C=O) groups is 1. The number of piperazine rings is 1. The smallest absolute Gasteiger partial charge is 0.354 e. The maximum Gasteiger partial charge on any atom is 0.354 e. The van der Waals surface area contributed by atoms with E-state index in [0.717, 1.165) is 52.7 Å². The zero-order valence-electron chi connectivity index (χ0n) is 45.5. The molecule has 4 aromatic carbocycles. The molecule has 0 aliphatic carbocycles. The van der Waals surface area contributed by atoms with Gasteiger partial charge >= 0.3 is 11.4 Å². The highest BCUT2D eigenvalue weighted by Crippen LogP contribution is 2.50. The van der Waals surface area contributed by atoms with Gasteiger partial charge in [0.1, 0.15) is 59.0 Å². The van der Waals surface area contributed by atoms with Gasteiger partial charge in [0.05, 0.1) is 67.9 Å². The number of aryl methyl sites for hydroxylation is 2. The molecule has 12 rings (SSSR count). The van der Waals surface area contributed by atoms with E-state index in [1.54, 1.807) is 48.2 Å². The van der Waals surface area contributed by atoms with Crippen molar-refractivity contribution in [3.8, 4) is 56.6 Å². The lowest BCUT2D eigenvalue weighted by Crippen LogP contribution is -2.56. The van der Waals surface area contributed by atoms with Crippen molar-refractivity contribution < 1.29 is 50.8 Å². The van der Waals surface area contributed by atoms with Gasteiger partial charge in [0.2, 0.25) is 5.91 Å². The maximum absolute atomic E-state index is 17.0. The van der Waals surface area contributed by atoms with E-state index in [4.69, 9.17) is 9.47 Å². The van der Waals surface area contributed by atoms with E-state index < -0.39 is 97.3 Å². The van der Waals surface area contributed by atoms with E-state index in [1.807, 2.05) is 32.6 Å². The number of benzene rings is 4. The Morgan fingerprint density at radius 1 is 0.634 bits per heavy atom. The summed E-state index contributed by atoms with van der Waals surface area (Å²) in [5, 5.41) is 20.9. The van der Waals surface area contributed by atoms with Gasteiger partial charge in [-0.15, -0.1) is 0 Å². The minimum absolute atomic E-state index is 0.00783. The number of fused-ring (bicyclic) bond motifs is 4. The van der Waals surface area contributed by atoms with Crippen molar-refractivity contribution in [1.29, 1.82) is 0 Å². The molecule has 4 aliphatic rings. The fourth-order valence-electron chi connectivity index (χ4n) is 11.8. The fraction of sp³-hybridized carbons (Fsp3) is 0.317. The molecular formula is C60H55F6N9O7. The van der Waals surface area contributed by atoms with Gasteiger partial charge in [-0.25, -0.2) is 35.9 Å². The van der Waals surface area contributed by atoms with E-state index in [0.29, 0.717) is 34.7 Å². The van der Waals surface area contributed by atoms with Crippen LogP contribution in [-0.4, -0.2) is 102 Å². The van der Waals surface area contributed by atoms with Gasteiger partial charge in [0.25, 0.3) is 0 Å². The van der Waals surface area contributed by atoms with Crippen LogP contribution in [0.1, 0.15) is 81.3 Å². The van der Waals surface area contributed by atoms with Gasteiger partial charge in [-0.1, -0.05) is 46.4 Å². The number of phenols is 2. The SMILES string of the molecule is C=CC(=O)N1CCN2c3nc(=O)n(-c4c(C)ccnc4C(C)C)c4c(F)c(-c5c(O)cccc5F)c(F)c(c34)OC[C@H]2C1.Cc1ccnc(C(C)C)c1-n1c(=O)nc2c3c(c(F)c(-c4c(O)cccc4F)c(F)c31)OC[C@H]1CCCCN21. The Morgan fingerprint density at radius 3 is 1.55 bits per heavy atom. The van der Waals surface area contributed by atoms with Gasteiger partial charge < -0.3 is 34.4 Å². The van der Waals surface area contributed by atoms with Gasteiger partial charge in [0.15, 0.2) is 34.8 Å². The molecule has 8 aromatic rings. The Kier molecular flexibility index (Phi) is 14.2. The summed E-state index contributed by atoms with van der Waals surface area (Å²) >= 11 is 0. The molecule has 2 atom stereocenters. The first-order valence-corrected chi connectivity index (χ1v) is 26.8. The lowest BCUT2D eigenvalue weighted by atomic mass is 9.98. The quantitative estimate of drug-likeness (QED) is 0.114. The lowest BCUT2D eigenvalue weighted by Gasteiger charge is -2.40. The first kappa shape index (κ1) is 55.0. The number of halogens is 6. The highest BCUT2D eigenvalue weighted by Gasteiger charge is 2.41. The van der Waals surface area contributed by atoms with Crippen molar-refractivity contribution in [2.75, 3.05) is 49.2 Å². The molecule has 424 valence electrons. The largest absolute Gasteiger partial charge is 0.507 e. The molecule has 0 bridgehead atoms. The lowest BCUT2D eigenvalue weighted by molar-refractivity contribution is -0.126. The topological polar surface area (TPSA) is 181 Å². The van der Waals surface area contributed by atoms with Crippen molar-refractivity contribution in [2.24, 2.45) is 0 Å². The second-order valence-corrected chi connectivity index (χ2v) is 21.3. The Hall–Kier alpha value is -8.95. The number of aromatic hydroxyl groups is 2. The molecule has 2 fully saturated rings. The molecular weight excluding hydrogens is 1070 g/mol. The van der Waals surface area contributed by atoms with E-state index in [-0.39, 0.29) is 96.0 Å². The number of aromatic nitrogens is 6. The number of ether oxygens (including phenoxy) is 2. The van der Waals surface area contributed by atoms with Crippen LogP contribution in [0, 0.1) is 48.8 Å². The number of nitrogens with zero attached hydrogens (tertiary/aromatic N) is 9. The molecule has 8 heterocycles. The second kappa shape index (κ2) is 21.2. The summed E-state index contributed by atoms with van der Waals surface area (Å²) in [5.74, 6) is -9.67. The van der Waals surface area contributed by atoms with Crippen molar-refractivity contribution in [2.45, 2.75) is 84.7 Å². The third kappa shape index (κ3) is 8.80. The van der Waals surface area contributed by atoms with Crippen molar-refractivity contribution in [3.63, 3.8) is 0 Å². The minimum atomic E-state index is -1.28. The Bertz CT molecular complexity index is 4070. The van der Waals surface area contributed by atoms with Crippen LogP contribution in [0.2, 0.25) is 0 Å². The molecule has 0 unspecified atom stereocenters. The summed E-state index contributed by atoms with van der Waals surface area (Å²) in [4.78, 5) is 63.0. The van der Waals surface area contributed by atoms with Crippen molar-refractivity contribution >= 4 is 39.3 Å². The van der Waals surface area contributed by atoms with Crippen LogP contribution < -0.4 is 30.7 Å². The molecule has 1 amide bonds. The minimum Gasteiger partial charge on any atom is -0.507 e. The summed E-state index contributed by atoms with van der Waals surface area (Å²) in [5.41, 5.74) is -2.67. The molecule has 0 spiro atoms. The predicted molar refractivity (Wildman–Crippen MR) is 296 cm³/mol. The number of hydrogen-bond donors (Lipinski definition) is 2. The summed E-state index contributed by atoms with van der Waals surface area (Å²) in [6.07, 6.45) is 6.82. The molecule has 0 radical (unpaired) electrons. The Balaban J connectivity index is 0.000000173. The Morgan fingerprint density at radius 2 is 1.10 bits per heavy atom. The second-order valence-electron chi connectivity index (χ2n) is 21.3. The zero-order chi connectivity index (χ0) is 58.3. The van der Waals surface area contributed by atoms with Gasteiger partial charge in [-0.2, -0.15) is 9.97 Å². The normalized spacial score (nSPS) is 16.5. The molecule has 2 N–H and O–H groups in total. The molecule has 22 heteroatoms. The molecule has 0 saturated carbocycles. The van der Waals surface area contributed by atoms with Crippen molar-refractivity contribution in [3.05, 3.63) is 152 Å². The molecule has 4 aliphatic heterocycles. The number of rotatable bonds is 7. The maximum atomic E-state index is 17.0. The fourth-order valence-corrected chi connectivity index (χ4v) is 11.8. The number of anilines is 2. The summed E-state index contributed by atoms with van der Waals surface area (Å²) in [7, 11) is 0. The zero-order valence-corrected chi connectivity index (χ0v) is 45.5. The average Bonchev–Trinajstić information content (AvgIpc) is 1.69. The van der Waals surface area contributed by atoms with Gasteiger partial charge in [0, 0.05) is 38.6 Å². The monoisotopic (exact) mass is 1130 g/mol. The van der Waals surface area contributed by atoms with Crippen LogP contribution in [0.25, 0.3) is 55.4 Å². The molecule has 2 saturated heterocycles. The summed E-state index contributed by atoms with van der Waals surface area (Å²) in [6.45, 7) is 15.6. The van der Waals surface area contributed by atoms with E-state index in [2.05, 4.69) is 26.5 Å². The third-order valence-electron chi connectivity index (χ3n) is 15.6. The van der Waals surface area contributed by atoms with Gasteiger partial charge in [-0.05, 0) is 98.5 Å². The van der Waals surface area contributed by atoms with Crippen LogP contribution in [-0.2, 0) is 4.79 Å². The van der Waals surface area contributed by atoms with Crippen LogP contribution in [0.3, 0.4) is 0 Å². The molecule has 4 aromatic heterocycles. The number of pyridine rings is 2. The number of piperidine rings is 1. The average molecular weight is 1130 g/mol. The van der Waals surface area contributed by atoms with E-state index in [1.165, 1.54) is 18.2 Å². The molecule has 16 nitrogen and oxygen atoms in total. The van der Waals surface area contributed by atoms with Gasteiger partial charge in [-0.3, -0.25) is 23.9 Å². The van der Waals surface area contributed by atoms with Crippen LogP contribution in [0.4, 0.5) is 38.0 Å². The van der Waals surface area contributed by atoms with E-state index >= 15 is 26.3 Å². The predicted octanol–water partition coefficient (Wildman–Crippen LogP) is 10.4. The first-order chi connectivity index (χ1) is 39.2. The number of hydrogen-bond acceptors (Lipinski definition) is 13. The highest BCUT2D eigenvalue weighted by molar-refractivity contribution is 6.02.